The molecule has 0 fully saturated rings. The summed E-state index contributed by atoms with van der Waals surface area (Å²) in [6, 6.07) is 10.9. The summed E-state index contributed by atoms with van der Waals surface area (Å²) in [5.41, 5.74) is 8.81. The van der Waals surface area contributed by atoms with Gasteiger partial charge in [-0.3, -0.25) is 4.79 Å². The zero-order valence-corrected chi connectivity index (χ0v) is 22.4. The van der Waals surface area contributed by atoms with Gasteiger partial charge in [0.2, 0.25) is 0 Å². The monoisotopic (exact) mass is 503 g/mol. The van der Waals surface area contributed by atoms with Crippen molar-refractivity contribution in [3.8, 4) is 5.75 Å². The van der Waals surface area contributed by atoms with Crippen LogP contribution in [0.5, 0.6) is 5.75 Å². The highest BCUT2D eigenvalue weighted by molar-refractivity contribution is 9.10. The molecule has 0 aliphatic rings. The molecule has 0 saturated carbocycles. The largest absolute Gasteiger partial charge is 0.507 e. The maximum Gasteiger partial charge on any atom is 0.324 e. The minimum atomic E-state index is -0.909. The fraction of sp³-hybridized carbons (Fsp3) is 0.519. The Bertz CT molecular complexity index is 943. The molecule has 3 N–H and O–H groups in total. The van der Waals surface area contributed by atoms with Crippen molar-refractivity contribution in [2.45, 2.75) is 90.7 Å². The Morgan fingerprint density at radius 1 is 0.906 bits per heavy atom. The maximum atomic E-state index is 13.1. The van der Waals surface area contributed by atoms with Crippen LogP contribution in [0, 0.1) is 0 Å². The van der Waals surface area contributed by atoms with Crippen molar-refractivity contribution in [3.63, 3.8) is 0 Å². The van der Waals surface area contributed by atoms with Gasteiger partial charge in [-0.1, -0.05) is 81.7 Å². The van der Waals surface area contributed by atoms with Crippen LogP contribution in [0.2, 0.25) is 0 Å². The lowest BCUT2D eigenvalue weighted by atomic mass is 9.75. The average Bonchev–Trinajstić information content (AvgIpc) is 2.59. The summed E-state index contributed by atoms with van der Waals surface area (Å²) >= 11 is 3.55. The quantitative estimate of drug-likeness (QED) is 0.463. The molecule has 5 heteroatoms. The van der Waals surface area contributed by atoms with Crippen LogP contribution in [0.4, 0.5) is 0 Å². The molecule has 0 aliphatic carbocycles. The Hall–Kier alpha value is -1.85. The molecule has 0 radical (unpaired) electrons. The van der Waals surface area contributed by atoms with Crippen LogP contribution < -0.4 is 5.73 Å². The second-order valence-corrected chi connectivity index (χ2v) is 12.5. The first kappa shape index (κ1) is 26.4. The van der Waals surface area contributed by atoms with Crippen molar-refractivity contribution in [1.29, 1.82) is 0 Å². The average molecular weight is 505 g/mol. The number of phenolic OH excluding ortho intramolecular Hbond substituents is 1. The molecule has 0 amide bonds. The van der Waals surface area contributed by atoms with E-state index in [1.165, 1.54) is 0 Å². The van der Waals surface area contributed by atoms with Gasteiger partial charge in [0.15, 0.2) is 0 Å². The number of esters is 1. The van der Waals surface area contributed by atoms with E-state index in [-0.39, 0.29) is 10.8 Å². The number of nitrogens with two attached hydrogens (primary N) is 1. The van der Waals surface area contributed by atoms with Crippen LogP contribution in [0.25, 0.3) is 0 Å². The van der Waals surface area contributed by atoms with Gasteiger partial charge in [0.05, 0.1) is 0 Å². The highest BCUT2D eigenvalue weighted by atomic mass is 79.9. The van der Waals surface area contributed by atoms with Crippen LogP contribution in [0.15, 0.2) is 40.9 Å². The van der Waals surface area contributed by atoms with E-state index in [1.807, 2.05) is 57.2 Å². The minimum absolute atomic E-state index is 0.294. The Morgan fingerprint density at radius 2 is 1.41 bits per heavy atom. The molecule has 176 valence electrons. The molecule has 32 heavy (non-hydrogen) atoms. The van der Waals surface area contributed by atoms with Gasteiger partial charge in [-0.25, -0.2) is 0 Å². The summed E-state index contributed by atoms with van der Waals surface area (Å²) in [5, 5.41) is 11.2. The topological polar surface area (TPSA) is 72.5 Å². The number of hydrogen-bond donors (Lipinski definition) is 2. The van der Waals surface area contributed by atoms with Crippen LogP contribution in [0.1, 0.15) is 90.5 Å². The molecular weight excluding hydrogens is 466 g/mol. The second-order valence-electron chi connectivity index (χ2n) is 11.6. The lowest BCUT2D eigenvalue weighted by molar-refractivity contribution is -0.156. The number of hydrogen-bond acceptors (Lipinski definition) is 4. The molecular formula is C27H38BrNO3. The lowest BCUT2D eigenvalue weighted by Gasteiger charge is -2.32. The normalized spacial score (nSPS) is 14.7. The molecule has 0 unspecified atom stereocenters. The van der Waals surface area contributed by atoms with Crippen molar-refractivity contribution in [2.75, 3.05) is 0 Å². The fourth-order valence-electron chi connectivity index (χ4n) is 3.79. The summed E-state index contributed by atoms with van der Waals surface area (Å²) < 4.78 is 6.55. The molecule has 0 heterocycles. The Balaban J connectivity index is 2.80. The third-order valence-electron chi connectivity index (χ3n) is 5.35. The Morgan fingerprint density at radius 3 is 1.81 bits per heavy atom. The first-order valence-electron chi connectivity index (χ1n) is 11.0. The number of rotatable bonds is 4. The molecule has 0 bridgehead atoms. The number of halogens is 1. The van der Waals surface area contributed by atoms with E-state index in [2.05, 4.69) is 57.5 Å². The molecule has 0 saturated heterocycles. The van der Waals surface area contributed by atoms with Gasteiger partial charge in [-0.05, 0) is 66.0 Å². The number of aromatic hydroxyl groups is 1. The number of carbonyl (C=O) groups is 1. The van der Waals surface area contributed by atoms with Gasteiger partial charge < -0.3 is 15.6 Å². The first-order valence-corrected chi connectivity index (χ1v) is 11.8. The van der Waals surface area contributed by atoms with E-state index in [4.69, 9.17) is 10.5 Å². The molecule has 0 aromatic heterocycles. The van der Waals surface area contributed by atoms with Crippen LogP contribution >= 0.6 is 15.9 Å². The predicted octanol–water partition coefficient (Wildman–Crippen LogP) is 6.55. The number of phenols is 1. The third kappa shape index (κ3) is 6.35. The zero-order valence-electron chi connectivity index (χ0n) is 20.8. The van der Waals surface area contributed by atoms with Gasteiger partial charge >= 0.3 is 5.97 Å². The SMILES string of the molecule is CC(C)(C)OC(=O)[C@H](N)[C@H](c1cccc(Br)c1)c1cc(C(C)(C)C)c(O)c(C(C)(C)C)c1. The smallest absolute Gasteiger partial charge is 0.324 e. The molecule has 0 spiro atoms. The van der Waals surface area contributed by atoms with Gasteiger partial charge in [0, 0.05) is 10.4 Å². The van der Waals surface area contributed by atoms with Crippen molar-refractivity contribution in [1.82, 2.24) is 0 Å². The molecule has 2 aromatic carbocycles. The molecule has 2 atom stereocenters. The van der Waals surface area contributed by atoms with Crippen LogP contribution in [0.3, 0.4) is 0 Å². The second kappa shape index (κ2) is 9.18. The summed E-state index contributed by atoms with van der Waals surface area (Å²) in [6.07, 6.45) is 0. The van der Waals surface area contributed by atoms with Crippen molar-refractivity contribution < 1.29 is 14.6 Å². The predicted molar refractivity (Wildman–Crippen MR) is 135 cm³/mol. The van der Waals surface area contributed by atoms with Gasteiger partial charge in [0.1, 0.15) is 17.4 Å². The maximum absolute atomic E-state index is 13.1. The first-order chi connectivity index (χ1) is 14.4. The summed E-state index contributed by atoms with van der Waals surface area (Å²) in [7, 11) is 0. The number of ether oxygens (including phenoxy) is 1. The van der Waals surface area contributed by atoms with Crippen LogP contribution in [-0.2, 0) is 20.4 Å². The molecule has 2 aromatic rings. The van der Waals surface area contributed by atoms with Gasteiger partial charge in [-0.15, -0.1) is 0 Å². The summed E-state index contributed by atoms with van der Waals surface area (Å²) in [6.45, 7) is 17.9. The Kier molecular flexibility index (Phi) is 7.58. The van der Waals surface area contributed by atoms with E-state index >= 15 is 0 Å². The summed E-state index contributed by atoms with van der Waals surface area (Å²) in [4.78, 5) is 13.1. The van der Waals surface area contributed by atoms with Crippen molar-refractivity contribution in [2.24, 2.45) is 5.73 Å². The molecule has 2 rings (SSSR count). The van der Waals surface area contributed by atoms with Gasteiger partial charge in [0.25, 0.3) is 0 Å². The number of carbonyl (C=O) groups excluding carboxylic acids is 1. The van der Waals surface area contributed by atoms with E-state index in [9.17, 15) is 9.90 Å². The molecule has 0 aliphatic heterocycles. The lowest BCUT2D eigenvalue weighted by Crippen LogP contribution is -2.42. The highest BCUT2D eigenvalue weighted by Crippen LogP contribution is 2.43. The minimum Gasteiger partial charge on any atom is -0.507 e. The van der Waals surface area contributed by atoms with E-state index in [0.717, 1.165) is 26.7 Å². The molecule has 4 nitrogen and oxygen atoms in total. The van der Waals surface area contributed by atoms with Crippen molar-refractivity contribution in [3.05, 3.63) is 63.1 Å². The summed E-state index contributed by atoms with van der Waals surface area (Å²) in [5.74, 6) is -0.595. The Labute approximate surface area is 201 Å². The highest BCUT2D eigenvalue weighted by Gasteiger charge is 2.34. The third-order valence-corrected chi connectivity index (χ3v) is 5.85. The van der Waals surface area contributed by atoms with E-state index < -0.39 is 23.5 Å². The zero-order chi connectivity index (χ0) is 24.6. The standard InChI is InChI=1S/C27H38BrNO3/c1-25(2,3)19-14-17(15-20(23(19)30)26(4,5)6)21(16-11-10-12-18(28)13-16)22(29)24(31)32-27(7,8)9/h10-15,21-22,30H,29H2,1-9H3/t21-,22-/m1/s1. The van der Waals surface area contributed by atoms with E-state index in [1.54, 1.807) is 0 Å². The number of benzene rings is 2. The van der Waals surface area contributed by atoms with Crippen molar-refractivity contribution >= 4 is 21.9 Å². The fourth-order valence-corrected chi connectivity index (χ4v) is 4.21. The van der Waals surface area contributed by atoms with E-state index in [0.29, 0.717) is 5.75 Å². The van der Waals surface area contributed by atoms with Crippen LogP contribution in [-0.4, -0.2) is 22.7 Å². The van der Waals surface area contributed by atoms with Gasteiger partial charge in [-0.2, -0.15) is 0 Å².